The zero-order valence-corrected chi connectivity index (χ0v) is 15.6. The Balaban J connectivity index is 1.54. The summed E-state index contributed by atoms with van der Waals surface area (Å²) in [5, 5.41) is 15.8. The van der Waals surface area contributed by atoms with Crippen molar-refractivity contribution in [2.45, 2.75) is 11.3 Å². The SMILES string of the molecule is O=C(CCSc1ccc(F)cc1)Nc1nc(-c2cccc([N+](=O)[O-])c2)cs1. The number of carbonyl (C=O) groups excluding carboxylic acids is 1. The van der Waals surface area contributed by atoms with E-state index in [4.69, 9.17) is 0 Å². The molecule has 1 heterocycles. The minimum absolute atomic E-state index is 0.0103. The summed E-state index contributed by atoms with van der Waals surface area (Å²) in [6.07, 6.45) is 0.285. The van der Waals surface area contributed by atoms with Gasteiger partial charge in [0.1, 0.15) is 5.82 Å². The lowest BCUT2D eigenvalue weighted by Gasteiger charge is -2.02. The molecule has 1 aromatic heterocycles. The van der Waals surface area contributed by atoms with Crippen LogP contribution >= 0.6 is 23.1 Å². The van der Waals surface area contributed by atoms with Crippen molar-refractivity contribution in [3.63, 3.8) is 0 Å². The normalized spacial score (nSPS) is 10.6. The van der Waals surface area contributed by atoms with Crippen LogP contribution in [0.5, 0.6) is 0 Å². The molecule has 0 atom stereocenters. The Morgan fingerprint density at radius 3 is 2.78 bits per heavy atom. The molecule has 6 nitrogen and oxygen atoms in total. The van der Waals surface area contributed by atoms with Crippen LogP contribution in [0.4, 0.5) is 15.2 Å². The van der Waals surface area contributed by atoms with E-state index in [0.29, 0.717) is 22.1 Å². The first-order valence-electron chi connectivity index (χ1n) is 7.90. The number of nitrogens with one attached hydrogen (secondary N) is 1. The molecule has 0 aliphatic rings. The molecule has 0 spiro atoms. The summed E-state index contributed by atoms with van der Waals surface area (Å²) in [6.45, 7) is 0. The number of carbonyl (C=O) groups is 1. The summed E-state index contributed by atoms with van der Waals surface area (Å²) < 4.78 is 12.9. The number of thioether (sulfide) groups is 1. The summed E-state index contributed by atoms with van der Waals surface area (Å²) >= 11 is 2.72. The molecule has 0 saturated carbocycles. The van der Waals surface area contributed by atoms with Gasteiger partial charge in [-0.3, -0.25) is 14.9 Å². The van der Waals surface area contributed by atoms with Crippen molar-refractivity contribution in [2.75, 3.05) is 11.1 Å². The van der Waals surface area contributed by atoms with Crippen LogP contribution < -0.4 is 5.32 Å². The molecule has 1 N–H and O–H groups in total. The minimum Gasteiger partial charge on any atom is -0.302 e. The highest BCUT2D eigenvalue weighted by atomic mass is 32.2. The summed E-state index contributed by atoms with van der Waals surface area (Å²) in [5.74, 6) is 0.0885. The number of aromatic nitrogens is 1. The molecule has 2 aromatic carbocycles. The molecular weight excluding hydrogens is 389 g/mol. The van der Waals surface area contributed by atoms with Gasteiger partial charge in [-0.15, -0.1) is 23.1 Å². The number of rotatable bonds is 7. The van der Waals surface area contributed by atoms with Crippen molar-refractivity contribution in [3.8, 4) is 11.3 Å². The van der Waals surface area contributed by atoms with Crippen LogP contribution in [0, 0.1) is 15.9 Å². The van der Waals surface area contributed by atoms with Crippen LogP contribution in [0.1, 0.15) is 6.42 Å². The number of halogens is 1. The molecule has 0 aliphatic carbocycles. The number of amides is 1. The highest BCUT2D eigenvalue weighted by molar-refractivity contribution is 7.99. The molecule has 3 rings (SSSR count). The number of benzene rings is 2. The van der Waals surface area contributed by atoms with Crippen molar-refractivity contribution in [2.24, 2.45) is 0 Å². The third-order valence-corrected chi connectivity index (χ3v) is 5.29. The molecule has 0 fully saturated rings. The fourth-order valence-corrected chi connectivity index (χ4v) is 3.80. The second-order valence-corrected chi connectivity index (χ2v) is 7.47. The lowest BCUT2D eigenvalue weighted by atomic mass is 10.1. The van der Waals surface area contributed by atoms with Gasteiger partial charge in [0, 0.05) is 40.1 Å². The lowest BCUT2D eigenvalue weighted by Crippen LogP contribution is -2.11. The molecule has 0 radical (unpaired) electrons. The number of thiazole rings is 1. The number of anilines is 1. The predicted molar refractivity (Wildman–Crippen MR) is 105 cm³/mol. The van der Waals surface area contributed by atoms with E-state index in [1.165, 1.54) is 47.4 Å². The molecule has 3 aromatic rings. The maximum atomic E-state index is 12.9. The van der Waals surface area contributed by atoms with Crippen LogP contribution in [0.15, 0.2) is 58.8 Å². The number of nitro groups is 1. The predicted octanol–water partition coefficient (Wildman–Crippen LogP) is 4.98. The third-order valence-electron chi connectivity index (χ3n) is 3.51. The zero-order valence-electron chi connectivity index (χ0n) is 13.9. The number of non-ortho nitro benzene ring substituents is 1. The fourth-order valence-electron chi connectivity index (χ4n) is 2.22. The fraction of sp³-hybridized carbons (Fsp3) is 0.111. The van der Waals surface area contributed by atoms with Gasteiger partial charge in [0.05, 0.1) is 10.6 Å². The van der Waals surface area contributed by atoms with Crippen molar-refractivity contribution < 1.29 is 14.1 Å². The van der Waals surface area contributed by atoms with Gasteiger partial charge in [0.15, 0.2) is 5.13 Å². The first-order chi connectivity index (χ1) is 13.0. The van der Waals surface area contributed by atoms with E-state index in [-0.39, 0.29) is 23.8 Å². The van der Waals surface area contributed by atoms with Gasteiger partial charge in [-0.1, -0.05) is 12.1 Å². The second kappa shape index (κ2) is 8.74. The topological polar surface area (TPSA) is 85.1 Å². The van der Waals surface area contributed by atoms with E-state index >= 15 is 0 Å². The van der Waals surface area contributed by atoms with Gasteiger partial charge < -0.3 is 5.32 Å². The van der Waals surface area contributed by atoms with E-state index in [2.05, 4.69) is 10.3 Å². The first-order valence-corrected chi connectivity index (χ1v) is 9.76. The van der Waals surface area contributed by atoms with Gasteiger partial charge in [0.25, 0.3) is 5.69 Å². The Kier molecular flexibility index (Phi) is 6.15. The standard InChI is InChI=1S/C18H14FN3O3S2/c19-13-4-6-15(7-5-13)26-9-8-17(23)21-18-20-16(11-27-18)12-2-1-3-14(10-12)22(24)25/h1-7,10-11H,8-9H2,(H,20,21,23). The smallest absolute Gasteiger partial charge is 0.270 e. The van der Waals surface area contributed by atoms with Crippen LogP contribution in [-0.4, -0.2) is 21.6 Å². The minimum atomic E-state index is -0.461. The number of hydrogen-bond donors (Lipinski definition) is 1. The first kappa shape index (κ1) is 19.0. The van der Waals surface area contributed by atoms with Gasteiger partial charge in [-0.25, -0.2) is 9.37 Å². The van der Waals surface area contributed by atoms with E-state index in [0.717, 1.165) is 4.90 Å². The molecule has 1 amide bonds. The van der Waals surface area contributed by atoms with Crippen LogP contribution in [-0.2, 0) is 4.79 Å². The summed E-state index contributed by atoms with van der Waals surface area (Å²) in [6, 6.07) is 12.3. The average Bonchev–Trinajstić information content (AvgIpc) is 3.12. The molecule has 9 heteroatoms. The van der Waals surface area contributed by atoms with Crippen molar-refractivity contribution >= 4 is 39.8 Å². The summed E-state index contributed by atoms with van der Waals surface area (Å²) in [5.41, 5.74) is 1.18. The van der Waals surface area contributed by atoms with Crippen molar-refractivity contribution in [3.05, 3.63) is 69.8 Å². The van der Waals surface area contributed by atoms with E-state index in [1.807, 2.05) is 0 Å². The van der Waals surface area contributed by atoms with Gasteiger partial charge in [0.2, 0.25) is 5.91 Å². The van der Waals surface area contributed by atoms with Crippen LogP contribution in [0.3, 0.4) is 0 Å². The Labute approximate surface area is 162 Å². The van der Waals surface area contributed by atoms with Gasteiger partial charge in [-0.2, -0.15) is 0 Å². The third kappa shape index (κ3) is 5.35. The molecule has 0 saturated heterocycles. The van der Waals surface area contributed by atoms with E-state index in [1.54, 1.807) is 29.6 Å². The highest BCUT2D eigenvalue weighted by Gasteiger charge is 2.11. The quantitative estimate of drug-likeness (QED) is 0.342. The van der Waals surface area contributed by atoms with Crippen LogP contribution in [0.2, 0.25) is 0 Å². The van der Waals surface area contributed by atoms with Crippen molar-refractivity contribution in [1.29, 1.82) is 0 Å². The molecule has 0 bridgehead atoms. The summed E-state index contributed by atoms with van der Waals surface area (Å²) in [4.78, 5) is 27.7. The number of hydrogen-bond acceptors (Lipinski definition) is 6. The molecule has 27 heavy (non-hydrogen) atoms. The molecule has 0 aliphatic heterocycles. The maximum absolute atomic E-state index is 12.9. The van der Waals surface area contributed by atoms with E-state index < -0.39 is 4.92 Å². The van der Waals surface area contributed by atoms with E-state index in [9.17, 15) is 19.3 Å². The van der Waals surface area contributed by atoms with Crippen LogP contribution in [0.25, 0.3) is 11.3 Å². The summed E-state index contributed by atoms with van der Waals surface area (Å²) in [7, 11) is 0. The lowest BCUT2D eigenvalue weighted by molar-refractivity contribution is -0.384. The Morgan fingerprint density at radius 2 is 2.04 bits per heavy atom. The maximum Gasteiger partial charge on any atom is 0.270 e. The molecule has 0 unspecified atom stereocenters. The Hall–Kier alpha value is -2.78. The largest absolute Gasteiger partial charge is 0.302 e. The molecule has 138 valence electrons. The highest BCUT2D eigenvalue weighted by Crippen LogP contribution is 2.27. The number of nitro benzene ring substituents is 1. The number of nitrogens with zero attached hydrogens (tertiary/aromatic N) is 2. The average molecular weight is 403 g/mol. The second-order valence-electron chi connectivity index (χ2n) is 5.45. The van der Waals surface area contributed by atoms with Gasteiger partial charge >= 0.3 is 0 Å². The molecular formula is C18H14FN3O3S2. The monoisotopic (exact) mass is 403 g/mol. The Morgan fingerprint density at radius 1 is 1.26 bits per heavy atom. The van der Waals surface area contributed by atoms with Crippen molar-refractivity contribution in [1.82, 2.24) is 4.98 Å². The zero-order chi connectivity index (χ0) is 19.2. The van der Waals surface area contributed by atoms with Gasteiger partial charge in [-0.05, 0) is 24.3 Å². The Bertz CT molecular complexity index is 960.